The molecule has 0 N–H and O–H groups in total. The lowest BCUT2D eigenvalue weighted by Gasteiger charge is -2.00. The Morgan fingerprint density at radius 1 is 1.30 bits per heavy atom. The van der Waals surface area contributed by atoms with Gasteiger partial charge in [0, 0.05) is 9.85 Å². The standard InChI is InChI=1S/C17H14BrN3OS/c1-2-8-19-17-21(15(12-23-17)16-7-4-9-22-16)20-11-13-5-3-6-14(18)10-13/h2-7,9-12H,1,8H2. The van der Waals surface area contributed by atoms with E-state index in [1.54, 1.807) is 23.2 Å². The fourth-order valence-corrected chi connectivity index (χ4v) is 3.21. The quantitative estimate of drug-likeness (QED) is 0.467. The topological polar surface area (TPSA) is 42.8 Å². The van der Waals surface area contributed by atoms with Gasteiger partial charge in [0.2, 0.25) is 4.80 Å². The highest BCUT2D eigenvalue weighted by atomic mass is 79.9. The number of thiazole rings is 1. The summed E-state index contributed by atoms with van der Waals surface area (Å²) in [5.74, 6) is 0.757. The lowest BCUT2D eigenvalue weighted by Crippen LogP contribution is -2.12. The summed E-state index contributed by atoms with van der Waals surface area (Å²) in [4.78, 5) is 5.28. The van der Waals surface area contributed by atoms with Gasteiger partial charge in [0.25, 0.3) is 0 Å². The fourth-order valence-electron chi connectivity index (χ4n) is 1.97. The van der Waals surface area contributed by atoms with Crippen LogP contribution in [0.5, 0.6) is 0 Å². The summed E-state index contributed by atoms with van der Waals surface area (Å²) >= 11 is 4.98. The molecule has 1 aromatic carbocycles. The van der Waals surface area contributed by atoms with Gasteiger partial charge in [0.15, 0.2) is 5.76 Å². The number of furan rings is 1. The van der Waals surface area contributed by atoms with Crippen LogP contribution >= 0.6 is 27.3 Å². The van der Waals surface area contributed by atoms with Gasteiger partial charge in [-0.1, -0.05) is 34.1 Å². The Bertz CT molecular complexity index is 891. The first-order valence-corrected chi connectivity index (χ1v) is 8.61. The normalized spacial score (nSPS) is 12.1. The van der Waals surface area contributed by atoms with Crippen molar-refractivity contribution in [2.24, 2.45) is 10.1 Å². The molecule has 3 rings (SSSR count). The molecule has 0 amide bonds. The van der Waals surface area contributed by atoms with Crippen LogP contribution in [0.2, 0.25) is 0 Å². The number of halogens is 1. The average molecular weight is 388 g/mol. The van der Waals surface area contributed by atoms with Crippen molar-refractivity contribution in [2.75, 3.05) is 6.54 Å². The van der Waals surface area contributed by atoms with Crippen LogP contribution in [0.1, 0.15) is 5.56 Å². The molecule has 0 bridgehead atoms. The molecule has 23 heavy (non-hydrogen) atoms. The molecule has 0 aliphatic heterocycles. The minimum absolute atomic E-state index is 0.546. The predicted octanol–water partition coefficient (Wildman–Crippen LogP) is 4.54. The maximum Gasteiger partial charge on any atom is 0.206 e. The third-order valence-corrected chi connectivity index (χ3v) is 4.33. The number of nitrogens with zero attached hydrogens (tertiary/aromatic N) is 3. The lowest BCUT2D eigenvalue weighted by atomic mass is 10.2. The molecule has 0 fully saturated rings. The summed E-state index contributed by atoms with van der Waals surface area (Å²) in [6.45, 7) is 4.25. The number of benzene rings is 1. The van der Waals surface area contributed by atoms with E-state index in [0.29, 0.717) is 6.54 Å². The molecule has 4 nitrogen and oxygen atoms in total. The summed E-state index contributed by atoms with van der Waals surface area (Å²) < 4.78 is 8.29. The molecule has 0 spiro atoms. The maximum absolute atomic E-state index is 5.49. The maximum atomic E-state index is 5.49. The SMILES string of the molecule is C=CCN=c1scc(-c2ccco2)n1N=Cc1cccc(Br)c1. The second kappa shape index (κ2) is 7.39. The van der Waals surface area contributed by atoms with Crippen LogP contribution in [0.15, 0.2) is 79.7 Å². The molecule has 0 aliphatic rings. The van der Waals surface area contributed by atoms with Crippen molar-refractivity contribution in [1.29, 1.82) is 0 Å². The predicted molar refractivity (Wildman–Crippen MR) is 97.8 cm³/mol. The monoisotopic (exact) mass is 387 g/mol. The van der Waals surface area contributed by atoms with Gasteiger partial charge in [-0.05, 0) is 29.8 Å². The Hall–Kier alpha value is -2.18. The van der Waals surface area contributed by atoms with Gasteiger partial charge in [-0.3, -0.25) is 4.99 Å². The Morgan fingerprint density at radius 2 is 2.22 bits per heavy atom. The smallest absolute Gasteiger partial charge is 0.206 e. The van der Waals surface area contributed by atoms with Gasteiger partial charge < -0.3 is 4.42 Å². The second-order valence-corrected chi connectivity index (χ2v) is 6.37. The van der Waals surface area contributed by atoms with Crippen LogP contribution in [0.4, 0.5) is 0 Å². The highest BCUT2D eigenvalue weighted by molar-refractivity contribution is 9.10. The van der Waals surface area contributed by atoms with Gasteiger partial charge in [0.05, 0.1) is 19.0 Å². The molecule has 0 atom stereocenters. The van der Waals surface area contributed by atoms with Crippen LogP contribution in [0.3, 0.4) is 0 Å². The van der Waals surface area contributed by atoms with E-state index in [1.165, 1.54) is 11.3 Å². The molecule has 2 heterocycles. The second-order valence-electron chi connectivity index (χ2n) is 4.62. The van der Waals surface area contributed by atoms with Crippen molar-refractivity contribution in [2.45, 2.75) is 0 Å². The molecule has 0 radical (unpaired) electrons. The van der Waals surface area contributed by atoms with Crippen LogP contribution in [0, 0.1) is 0 Å². The van der Waals surface area contributed by atoms with Crippen LogP contribution in [0.25, 0.3) is 11.5 Å². The van der Waals surface area contributed by atoms with E-state index in [0.717, 1.165) is 26.3 Å². The van der Waals surface area contributed by atoms with Crippen molar-refractivity contribution in [3.8, 4) is 11.5 Å². The molecule has 116 valence electrons. The zero-order chi connectivity index (χ0) is 16.1. The third kappa shape index (κ3) is 3.78. The third-order valence-electron chi connectivity index (χ3n) is 2.99. The molecular formula is C17H14BrN3OS. The van der Waals surface area contributed by atoms with E-state index in [-0.39, 0.29) is 0 Å². The van der Waals surface area contributed by atoms with Crippen molar-refractivity contribution < 1.29 is 4.42 Å². The molecule has 0 unspecified atom stereocenters. The van der Waals surface area contributed by atoms with Crippen molar-refractivity contribution in [3.63, 3.8) is 0 Å². The number of rotatable bonds is 5. The Labute approximate surface area is 146 Å². The largest absolute Gasteiger partial charge is 0.463 e. The first kappa shape index (κ1) is 15.7. The molecule has 3 aromatic rings. The van der Waals surface area contributed by atoms with Gasteiger partial charge in [0.1, 0.15) is 5.69 Å². The van der Waals surface area contributed by atoms with Gasteiger partial charge in [-0.2, -0.15) is 5.10 Å². The number of hydrogen-bond acceptors (Lipinski definition) is 4. The van der Waals surface area contributed by atoms with Crippen molar-refractivity contribution >= 4 is 33.5 Å². The Balaban J connectivity index is 2.05. The summed E-state index contributed by atoms with van der Waals surface area (Å²) in [5.41, 5.74) is 1.87. The van der Waals surface area contributed by atoms with E-state index in [9.17, 15) is 0 Å². The minimum Gasteiger partial charge on any atom is -0.463 e. The van der Waals surface area contributed by atoms with E-state index in [4.69, 9.17) is 4.42 Å². The van der Waals surface area contributed by atoms with E-state index < -0.39 is 0 Å². The number of hydrogen-bond donors (Lipinski definition) is 0. The first-order chi connectivity index (χ1) is 11.3. The van der Waals surface area contributed by atoms with Crippen molar-refractivity contribution in [3.05, 3.63) is 75.5 Å². The fraction of sp³-hybridized carbons (Fsp3) is 0.0588. The molecule has 2 aromatic heterocycles. The zero-order valence-corrected chi connectivity index (χ0v) is 14.6. The Morgan fingerprint density at radius 3 is 2.96 bits per heavy atom. The van der Waals surface area contributed by atoms with Gasteiger partial charge in [-0.15, -0.1) is 17.9 Å². The van der Waals surface area contributed by atoms with Crippen LogP contribution in [-0.4, -0.2) is 17.4 Å². The molecule has 0 saturated carbocycles. The van der Waals surface area contributed by atoms with E-state index >= 15 is 0 Å². The summed E-state index contributed by atoms with van der Waals surface area (Å²) in [6.07, 6.45) is 5.21. The van der Waals surface area contributed by atoms with Gasteiger partial charge in [-0.25, -0.2) is 4.68 Å². The minimum atomic E-state index is 0.546. The lowest BCUT2D eigenvalue weighted by molar-refractivity contribution is 0.575. The summed E-state index contributed by atoms with van der Waals surface area (Å²) in [7, 11) is 0. The van der Waals surface area contributed by atoms with Gasteiger partial charge >= 0.3 is 0 Å². The van der Waals surface area contributed by atoms with Crippen LogP contribution in [-0.2, 0) is 0 Å². The number of aromatic nitrogens is 1. The molecular weight excluding hydrogens is 374 g/mol. The highest BCUT2D eigenvalue weighted by Crippen LogP contribution is 2.20. The van der Waals surface area contributed by atoms with E-state index in [2.05, 4.69) is 32.6 Å². The molecule has 0 aliphatic carbocycles. The highest BCUT2D eigenvalue weighted by Gasteiger charge is 2.09. The molecule has 6 heteroatoms. The Kier molecular flexibility index (Phi) is 5.05. The van der Waals surface area contributed by atoms with Crippen molar-refractivity contribution in [1.82, 2.24) is 4.68 Å². The first-order valence-electron chi connectivity index (χ1n) is 6.93. The molecule has 0 saturated heterocycles. The summed E-state index contributed by atoms with van der Waals surface area (Å²) in [6, 6.07) is 11.7. The van der Waals surface area contributed by atoms with E-state index in [1.807, 2.05) is 41.8 Å². The average Bonchev–Trinajstić information content (AvgIpc) is 3.20. The van der Waals surface area contributed by atoms with Crippen LogP contribution < -0.4 is 4.80 Å². The zero-order valence-electron chi connectivity index (χ0n) is 12.2. The summed E-state index contributed by atoms with van der Waals surface area (Å²) in [5, 5.41) is 6.56.